The fraction of sp³-hybridized carbons (Fsp3) is 0.350. The van der Waals surface area contributed by atoms with Crippen LogP contribution in [-0.4, -0.2) is 50.1 Å². The van der Waals surface area contributed by atoms with E-state index in [2.05, 4.69) is 15.1 Å². The summed E-state index contributed by atoms with van der Waals surface area (Å²) in [5.41, 5.74) is 1.64. The zero-order chi connectivity index (χ0) is 19.4. The van der Waals surface area contributed by atoms with E-state index in [-0.39, 0.29) is 17.8 Å². The third-order valence-electron chi connectivity index (χ3n) is 4.85. The summed E-state index contributed by atoms with van der Waals surface area (Å²) in [6.45, 7) is 4.99. The normalized spacial score (nSPS) is 16.1. The van der Waals surface area contributed by atoms with Gasteiger partial charge in [0.25, 0.3) is 0 Å². The quantitative estimate of drug-likeness (QED) is 0.845. The zero-order valence-corrected chi connectivity index (χ0v) is 16.2. The average molecular weight is 392 g/mol. The minimum absolute atomic E-state index is 0.0773. The van der Waals surface area contributed by atoms with E-state index in [1.807, 2.05) is 6.92 Å². The van der Waals surface area contributed by atoms with Crippen LogP contribution in [0.15, 0.2) is 42.5 Å². The van der Waals surface area contributed by atoms with Crippen LogP contribution in [0.4, 0.5) is 15.8 Å². The predicted molar refractivity (Wildman–Crippen MR) is 106 cm³/mol. The Morgan fingerprint density at radius 3 is 2.41 bits per heavy atom. The number of methoxy groups -OCH3 is 1. The molecule has 3 rings (SSSR count). The van der Waals surface area contributed by atoms with Crippen LogP contribution in [0.2, 0.25) is 5.02 Å². The molecule has 0 aliphatic carbocycles. The minimum atomic E-state index is -0.263. The first kappa shape index (κ1) is 19.5. The number of amides is 1. The summed E-state index contributed by atoms with van der Waals surface area (Å²) < 4.78 is 18.2. The maximum atomic E-state index is 13.1. The molecule has 144 valence electrons. The third-order valence-corrected chi connectivity index (χ3v) is 5.15. The van der Waals surface area contributed by atoms with Gasteiger partial charge >= 0.3 is 0 Å². The second kappa shape index (κ2) is 8.59. The first-order valence-electron chi connectivity index (χ1n) is 8.87. The molecule has 1 fully saturated rings. The van der Waals surface area contributed by atoms with Crippen LogP contribution in [0.25, 0.3) is 0 Å². The van der Waals surface area contributed by atoms with E-state index in [4.69, 9.17) is 16.3 Å². The lowest BCUT2D eigenvalue weighted by atomic mass is 10.2. The van der Waals surface area contributed by atoms with Crippen LogP contribution in [0.1, 0.15) is 6.92 Å². The van der Waals surface area contributed by atoms with Gasteiger partial charge in [-0.05, 0) is 49.4 Å². The van der Waals surface area contributed by atoms with Gasteiger partial charge < -0.3 is 15.0 Å². The van der Waals surface area contributed by atoms with Gasteiger partial charge in [0.2, 0.25) is 5.91 Å². The molecule has 0 aromatic heterocycles. The summed E-state index contributed by atoms with van der Waals surface area (Å²) in [7, 11) is 1.55. The molecule has 0 unspecified atom stereocenters. The highest BCUT2D eigenvalue weighted by Gasteiger charge is 2.26. The number of halogens is 2. The van der Waals surface area contributed by atoms with E-state index in [0.717, 1.165) is 31.9 Å². The number of hydrogen-bond acceptors (Lipinski definition) is 4. The Hall–Kier alpha value is -2.31. The van der Waals surface area contributed by atoms with Crippen molar-refractivity contribution < 1.29 is 13.9 Å². The molecule has 1 saturated heterocycles. The van der Waals surface area contributed by atoms with Crippen LogP contribution in [0.5, 0.6) is 5.75 Å². The van der Waals surface area contributed by atoms with Crippen LogP contribution < -0.4 is 15.0 Å². The standard InChI is InChI=1S/C20H23ClFN3O2/c1-14(20(26)23-16-5-8-19(27-2)18(21)13-16)24-9-11-25(12-10-24)17-6-3-15(22)4-7-17/h3-8,13-14H,9-12H2,1-2H3,(H,23,26)/t14-/m0/s1. The first-order chi connectivity index (χ1) is 13.0. The highest BCUT2D eigenvalue weighted by molar-refractivity contribution is 6.32. The highest BCUT2D eigenvalue weighted by atomic mass is 35.5. The topological polar surface area (TPSA) is 44.8 Å². The van der Waals surface area contributed by atoms with E-state index in [0.29, 0.717) is 16.5 Å². The van der Waals surface area contributed by atoms with E-state index in [1.165, 1.54) is 12.1 Å². The van der Waals surface area contributed by atoms with Gasteiger partial charge in [-0.1, -0.05) is 11.6 Å². The zero-order valence-electron chi connectivity index (χ0n) is 15.4. The molecular weight excluding hydrogens is 369 g/mol. The molecule has 1 N–H and O–H groups in total. The van der Waals surface area contributed by atoms with Crippen LogP contribution in [-0.2, 0) is 4.79 Å². The van der Waals surface area contributed by atoms with Crippen molar-refractivity contribution in [1.82, 2.24) is 4.90 Å². The molecule has 7 heteroatoms. The summed E-state index contributed by atoms with van der Waals surface area (Å²) in [4.78, 5) is 16.9. The molecule has 1 aliphatic heterocycles. The fourth-order valence-electron chi connectivity index (χ4n) is 3.18. The van der Waals surface area contributed by atoms with Gasteiger partial charge in [0.15, 0.2) is 0 Å². The van der Waals surface area contributed by atoms with Crippen molar-refractivity contribution in [2.24, 2.45) is 0 Å². The second-order valence-electron chi connectivity index (χ2n) is 6.51. The molecule has 2 aromatic rings. The second-order valence-corrected chi connectivity index (χ2v) is 6.92. The molecule has 27 heavy (non-hydrogen) atoms. The molecule has 1 aliphatic rings. The number of hydrogen-bond donors (Lipinski definition) is 1. The predicted octanol–water partition coefficient (Wildman–Crippen LogP) is 3.64. The van der Waals surface area contributed by atoms with Crippen LogP contribution >= 0.6 is 11.6 Å². The summed E-state index contributed by atoms with van der Waals surface area (Å²) in [5.74, 6) is 0.257. The van der Waals surface area contributed by atoms with E-state index >= 15 is 0 Å². The number of nitrogens with zero attached hydrogens (tertiary/aromatic N) is 2. The van der Waals surface area contributed by atoms with Crippen molar-refractivity contribution in [2.45, 2.75) is 13.0 Å². The van der Waals surface area contributed by atoms with Gasteiger partial charge in [0.05, 0.1) is 18.2 Å². The average Bonchev–Trinajstić information content (AvgIpc) is 2.68. The smallest absolute Gasteiger partial charge is 0.241 e. The SMILES string of the molecule is COc1ccc(NC(=O)[C@H](C)N2CCN(c3ccc(F)cc3)CC2)cc1Cl. The van der Waals surface area contributed by atoms with Crippen LogP contribution in [0.3, 0.4) is 0 Å². The van der Waals surface area contributed by atoms with E-state index in [1.54, 1.807) is 37.4 Å². The molecule has 1 atom stereocenters. The number of nitrogens with one attached hydrogen (secondary N) is 1. The monoisotopic (exact) mass is 391 g/mol. The van der Waals surface area contributed by atoms with Crippen molar-refractivity contribution in [3.8, 4) is 5.75 Å². The first-order valence-corrected chi connectivity index (χ1v) is 9.24. The number of rotatable bonds is 5. The number of piperazine rings is 1. The molecule has 1 heterocycles. The Bertz CT molecular complexity index is 792. The number of ether oxygens (including phenoxy) is 1. The Morgan fingerprint density at radius 2 is 1.81 bits per heavy atom. The summed E-state index contributed by atoms with van der Waals surface area (Å²) in [6, 6.07) is 11.4. The third kappa shape index (κ3) is 4.70. The Kier molecular flexibility index (Phi) is 6.19. The van der Waals surface area contributed by atoms with Gasteiger partial charge in [-0.25, -0.2) is 4.39 Å². The van der Waals surface area contributed by atoms with Gasteiger partial charge in [-0.2, -0.15) is 0 Å². The van der Waals surface area contributed by atoms with Gasteiger partial charge in [-0.3, -0.25) is 9.69 Å². The maximum Gasteiger partial charge on any atom is 0.241 e. The molecule has 0 spiro atoms. The largest absolute Gasteiger partial charge is 0.495 e. The highest BCUT2D eigenvalue weighted by Crippen LogP contribution is 2.27. The fourth-order valence-corrected chi connectivity index (χ4v) is 3.43. The number of benzene rings is 2. The Morgan fingerprint density at radius 1 is 1.15 bits per heavy atom. The van der Waals surface area contributed by atoms with Crippen molar-refractivity contribution in [1.29, 1.82) is 0 Å². The summed E-state index contributed by atoms with van der Waals surface area (Å²) in [6.07, 6.45) is 0. The van der Waals surface area contributed by atoms with Gasteiger partial charge in [0, 0.05) is 37.6 Å². The maximum absolute atomic E-state index is 13.1. The number of carbonyl (C=O) groups excluding carboxylic acids is 1. The number of anilines is 2. The van der Waals surface area contributed by atoms with Gasteiger partial charge in [-0.15, -0.1) is 0 Å². The Labute approximate surface area is 163 Å². The lowest BCUT2D eigenvalue weighted by Crippen LogP contribution is -2.52. The minimum Gasteiger partial charge on any atom is -0.495 e. The lowest BCUT2D eigenvalue weighted by Gasteiger charge is -2.38. The molecule has 2 aromatic carbocycles. The summed E-state index contributed by atoms with van der Waals surface area (Å²) in [5, 5.41) is 3.36. The molecule has 0 saturated carbocycles. The summed E-state index contributed by atoms with van der Waals surface area (Å²) >= 11 is 6.11. The lowest BCUT2D eigenvalue weighted by molar-refractivity contribution is -0.120. The van der Waals surface area contributed by atoms with Crippen LogP contribution in [0, 0.1) is 5.82 Å². The molecule has 1 amide bonds. The molecule has 0 bridgehead atoms. The van der Waals surface area contributed by atoms with E-state index in [9.17, 15) is 9.18 Å². The number of carbonyl (C=O) groups is 1. The van der Waals surface area contributed by atoms with E-state index < -0.39 is 0 Å². The van der Waals surface area contributed by atoms with Gasteiger partial charge in [0.1, 0.15) is 11.6 Å². The van der Waals surface area contributed by atoms with Crippen molar-refractivity contribution in [3.05, 3.63) is 53.3 Å². The van der Waals surface area contributed by atoms with Crippen molar-refractivity contribution >= 4 is 28.9 Å². The molecule has 5 nitrogen and oxygen atoms in total. The Balaban J connectivity index is 1.55. The van der Waals surface area contributed by atoms with Crippen molar-refractivity contribution in [2.75, 3.05) is 43.5 Å². The molecular formula is C20H23ClFN3O2. The van der Waals surface area contributed by atoms with Crippen molar-refractivity contribution in [3.63, 3.8) is 0 Å². The molecule has 0 radical (unpaired) electrons.